The minimum Gasteiger partial charge on any atom is -0.480 e. The quantitative estimate of drug-likeness (QED) is 0.625. The number of hydrogen-bond acceptors (Lipinski definition) is 3. The molecule has 0 aromatic carbocycles. The SMILES string of the molecule is CCC(C)C(N)C(=O)NC(CC)(CC)C(=O)O. The Kier molecular flexibility index (Phi) is 6.16. The van der Waals surface area contributed by atoms with Crippen molar-refractivity contribution in [1.29, 1.82) is 0 Å². The lowest BCUT2D eigenvalue weighted by Gasteiger charge is -2.30. The number of nitrogens with one attached hydrogen (secondary N) is 1. The summed E-state index contributed by atoms with van der Waals surface area (Å²) in [5.74, 6) is -1.35. The van der Waals surface area contributed by atoms with Crippen LogP contribution in [0, 0.1) is 5.92 Å². The van der Waals surface area contributed by atoms with E-state index >= 15 is 0 Å². The molecule has 17 heavy (non-hydrogen) atoms. The summed E-state index contributed by atoms with van der Waals surface area (Å²) in [6.07, 6.45) is 1.47. The Balaban J connectivity index is 4.79. The zero-order valence-electron chi connectivity index (χ0n) is 11.1. The van der Waals surface area contributed by atoms with Crippen LogP contribution in [-0.4, -0.2) is 28.6 Å². The Morgan fingerprint density at radius 1 is 1.29 bits per heavy atom. The van der Waals surface area contributed by atoms with E-state index in [4.69, 9.17) is 5.73 Å². The summed E-state index contributed by atoms with van der Waals surface area (Å²) < 4.78 is 0. The highest BCUT2D eigenvalue weighted by Crippen LogP contribution is 2.16. The number of carbonyl (C=O) groups is 2. The molecule has 2 atom stereocenters. The summed E-state index contributed by atoms with van der Waals surface area (Å²) in [6.45, 7) is 7.31. The molecule has 0 aromatic rings. The van der Waals surface area contributed by atoms with Crippen molar-refractivity contribution in [3.8, 4) is 0 Å². The van der Waals surface area contributed by atoms with Crippen molar-refractivity contribution < 1.29 is 14.7 Å². The molecule has 0 aliphatic rings. The highest BCUT2D eigenvalue weighted by molar-refractivity contribution is 5.89. The van der Waals surface area contributed by atoms with Gasteiger partial charge in [0.15, 0.2) is 0 Å². The number of rotatable bonds is 7. The van der Waals surface area contributed by atoms with E-state index in [0.717, 1.165) is 6.42 Å². The van der Waals surface area contributed by atoms with Gasteiger partial charge in [0.05, 0.1) is 6.04 Å². The molecule has 5 heteroatoms. The highest BCUT2D eigenvalue weighted by Gasteiger charge is 2.37. The maximum Gasteiger partial charge on any atom is 0.329 e. The van der Waals surface area contributed by atoms with Crippen LogP contribution < -0.4 is 11.1 Å². The van der Waals surface area contributed by atoms with E-state index < -0.39 is 17.6 Å². The fourth-order valence-corrected chi connectivity index (χ4v) is 1.61. The summed E-state index contributed by atoms with van der Waals surface area (Å²) in [5, 5.41) is 11.8. The van der Waals surface area contributed by atoms with Gasteiger partial charge in [-0.05, 0) is 18.8 Å². The summed E-state index contributed by atoms with van der Waals surface area (Å²) in [7, 11) is 0. The van der Waals surface area contributed by atoms with E-state index in [1.807, 2.05) is 13.8 Å². The Morgan fingerprint density at radius 2 is 1.76 bits per heavy atom. The van der Waals surface area contributed by atoms with Crippen molar-refractivity contribution in [1.82, 2.24) is 5.32 Å². The molecule has 0 aliphatic carbocycles. The molecule has 0 heterocycles. The smallest absolute Gasteiger partial charge is 0.329 e. The van der Waals surface area contributed by atoms with Gasteiger partial charge in [-0.1, -0.05) is 34.1 Å². The highest BCUT2D eigenvalue weighted by atomic mass is 16.4. The van der Waals surface area contributed by atoms with Crippen LogP contribution in [0.1, 0.15) is 47.0 Å². The monoisotopic (exact) mass is 244 g/mol. The third kappa shape index (κ3) is 3.70. The fourth-order valence-electron chi connectivity index (χ4n) is 1.61. The molecule has 0 spiro atoms. The van der Waals surface area contributed by atoms with Crippen LogP contribution in [0.3, 0.4) is 0 Å². The van der Waals surface area contributed by atoms with E-state index in [2.05, 4.69) is 5.32 Å². The molecule has 1 amide bonds. The van der Waals surface area contributed by atoms with Gasteiger partial charge in [-0.3, -0.25) is 4.79 Å². The average molecular weight is 244 g/mol. The van der Waals surface area contributed by atoms with Crippen molar-refractivity contribution in [2.45, 2.75) is 58.5 Å². The number of nitrogens with two attached hydrogens (primary N) is 1. The van der Waals surface area contributed by atoms with Crippen LogP contribution in [0.4, 0.5) is 0 Å². The van der Waals surface area contributed by atoms with Gasteiger partial charge >= 0.3 is 5.97 Å². The van der Waals surface area contributed by atoms with Gasteiger partial charge in [-0.2, -0.15) is 0 Å². The summed E-state index contributed by atoms with van der Waals surface area (Å²) in [4.78, 5) is 23.1. The van der Waals surface area contributed by atoms with Gasteiger partial charge < -0.3 is 16.2 Å². The number of aliphatic carboxylic acids is 1. The number of carboxylic acids is 1. The molecule has 100 valence electrons. The summed E-state index contributed by atoms with van der Waals surface area (Å²) in [5.41, 5.74) is 4.59. The van der Waals surface area contributed by atoms with Gasteiger partial charge in [0.1, 0.15) is 5.54 Å². The molecular weight excluding hydrogens is 220 g/mol. The van der Waals surface area contributed by atoms with E-state index in [-0.39, 0.29) is 11.8 Å². The van der Waals surface area contributed by atoms with Crippen molar-refractivity contribution in [3.63, 3.8) is 0 Å². The molecular formula is C12H24N2O3. The maximum absolute atomic E-state index is 11.9. The van der Waals surface area contributed by atoms with Crippen LogP contribution in [0.5, 0.6) is 0 Å². The predicted molar refractivity (Wildman–Crippen MR) is 66.5 cm³/mol. The molecule has 0 aromatic heterocycles. The van der Waals surface area contributed by atoms with Crippen molar-refractivity contribution in [2.75, 3.05) is 0 Å². The van der Waals surface area contributed by atoms with E-state index in [1.165, 1.54) is 0 Å². The van der Waals surface area contributed by atoms with E-state index in [0.29, 0.717) is 12.8 Å². The third-order valence-electron chi connectivity index (χ3n) is 3.54. The second-order valence-electron chi connectivity index (χ2n) is 4.49. The van der Waals surface area contributed by atoms with Gasteiger partial charge in [0.2, 0.25) is 5.91 Å². The van der Waals surface area contributed by atoms with Crippen molar-refractivity contribution in [3.05, 3.63) is 0 Å². The first-order chi connectivity index (χ1) is 7.84. The van der Waals surface area contributed by atoms with Crippen LogP contribution in [0.2, 0.25) is 0 Å². The molecule has 0 rings (SSSR count). The maximum atomic E-state index is 11.9. The summed E-state index contributed by atoms with van der Waals surface area (Å²) in [6, 6.07) is -0.656. The molecule has 4 N–H and O–H groups in total. The molecule has 0 saturated carbocycles. The zero-order valence-corrected chi connectivity index (χ0v) is 11.1. The lowest BCUT2D eigenvalue weighted by Crippen LogP contribution is -2.58. The van der Waals surface area contributed by atoms with Crippen LogP contribution in [-0.2, 0) is 9.59 Å². The second-order valence-corrected chi connectivity index (χ2v) is 4.49. The zero-order chi connectivity index (χ0) is 13.6. The first-order valence-corrected chi connectivity index (χ1v) is 6.15. The normalized spacial score (nSPS) is 15.1. The van der Waals surface area contributed by atoms with Gasteiger partial charge in [0, 0.05) is 0 Å². The average Bonchev–Trinajstić information content (AvgIpc) is 2.33. The molecule has 0 fully saturated rings. The first-order valence-electron chi connectivity index (χ1n) is 6.15. The Bertz CT molecular complexity index is 275. The molecule has 0 radical (unpaired) electrons. The minimum atomic E-state index is -1.19. The van der Waals surface area contributed by atoms with E-state index in [9.17, 15) is 14.7 Å². The number of carbonyl (C=O) groups excluding carboxylic acids is 1. The molecule has 2 unspecified atom stereocenters. The van der Waals surface area contributed by atoms with Crippen molar-refractivity contribution >= 4 is 11.9 Å². The minimum absolute atomic E-state index is 0.0372. The van der Waals surface area contributed by atoms with Crippen LogP contribution in [0.15, 0.2) is 0 Å². The lowest BCUT2D eigenvalue weighted by molar-refractivity contribution is -0.148. The number of carboxylic acid groups (broad SMARTS) is 1. The molecule has 0 saturated heterocycles. The fraction of sp³-hybridized carbons (Fsp3) is 0.833. The van der Waals surface area contributed by atoms with Gasteiger partial charge in [-0.25, -0.2) is 4.79 Å². The molecule has 0 bridgehead atoms. The molecule has 5 nitrogen and oxygen atoms in total. The first kappa shape index (κ1) is 15.9. The second kappa shape index (κ2) is 6.59. The molecule has 0 aliphatic heterocycles. The Morgan fingerprint density at radius 3 is 2.06 bits per heavy atom. The standard InChI is InChI=1S/C12H24N2O3/c1-5-8(4)9(13)10(15)14-12(6-2,7-3)11(16)17/h8-9H,5-7,13H2,1-4H3,(H,14,15)(H,16,17). The summed E-state index contributed by atoms with van der Waals surface area (Å²) >= 11 is 0. The number of amides is 1. The van der Waals surface area contributed by atoms with Gasteiger partial charge in [-0.15, -0.1) is 0 Å². The third-order valence-corrected chi connectivity index (χ3v) is 3.54. The largest absolute Gasteiger partial charge is 0.480 e. The Labute approximate surface area is 103 Å². The van der Waals surface area contributed by atoms with Gasteiger partial charge in [0.25, 0.3) is 0 Å². The van der Waals surface area contributed by atoms with E-state index in [1.54, 1.807) is 13.8 Å². The van der Waals surface area contributed by atoms with Crippen LogP contribution >= 0.6 is 0 Å². The topological polar surface area (TPSA) is 92.4 Å². The van der Waals surface area contributed by atoms with Crippen molar-refractivity contribution in [2.24, 2.45) is 11.7 Å². The van der Waals surface area contributed by atoms with Crippen LogP contribution in [0.25, 0.3) is 0 Å². The lowest BCUT2D eigenvalue weighted by atomic mass is 9.91. The Hall–Kier alpha value is -1.10. The predicted octanol–water partition coefficient (Wildman–Crippen LogP) is 1.12. The number of hydrogen-bond donors (Lipinski definition) is 3.